The first-order valence-electron chi connectivity index (χ1n) is 2.64. The summed E-state index contributed by atoms with van der Waals surface area (Å²) in [5.41, 5.74) is 0.793. The molecule has 0 radical (unpaired) electrons. The molecule has 0 fully saturated rings. The van der Waals surface area contributed by atoms with Gasteiger partial charge in [0.1, 0.15) is 0 Å². The summed E-state index contributed by atoms with van der Waals surface area (Å²) >= 11 is 0. The zero-order chi connectivity index (χ0) is 7.28. The molecule has 0 saturated carbocycles. The van der Waals surface area contributed by atoms with E-state index in [0.717, 1.165) is 5.70 Å². The van der Waals surface area contributed by atoms with Crippen LogP contribution in [0.3, 0.4) is 0 Å². The van der Waals surface area contributed by atoms with Gasteiger partial charge in [0.25, 0.3) is 0 Å². The van der Waals surface area contributed by atoms with Crippen LogP contribution in [0.4, 0.5) is 0 Å². The number of hydrogen-bond acceptors (Lipinski definition) is 3. The maximum Gasteiger partial charge on any atom is 0.332 e. The van der Waals surface area contributed by atoms with E-state index in [1.807, 2.05) is 0 Å². The van der Waals surface area contributed by atoms with Gasteiger partial charge in [-0.25, -0.2) is 4.79 Å². The Morgan fingerprint density at radius 2 is 2.22 bits per heavy atom. The van der Waals surface area contributed by atoms with Gasteiger partial charge in [-0.3, -0.25) is 0 Å². The Balaban J connectivity index is 3.79. The van der Waals surface area contributed by atoms with Crippen molar-refractivity contribution in [1.29, 1.82) is 0 Å². The second kappa shape index (κ2) is 3.95. The van der Waals surface area contributed by atoms with Crippen LogP contribution in [-0.2, 0) is 9.53 Å². The third-order valence-corrected chi connectivity index (χ3v) is 0.930. The molecule has 0 spiro atoms. The van der Waals surface area contributed by atoms with Crippen LogP contribution in [0.25, 0.3) is 0 Å². The predicted molar refractivity (Wildman–Crippen MR) is 34.8 cm³/mol. The molecular formula is C6H11NO2. The third-order valence-electron chi connectivity index (χ3n) is 0.930. The normalized spacial score (nSPS) is 10.8. The molecule has 1 N–H and O–H groups in total. The molecule has 9 heavy (non-hydrogen) atoms. The first-order valence-corrected chi connectivity index (χ1v) is 2.64. The molecule has 0 aromatic heterocycles. The van der Waals surface area contributed by atoms with Crippen LogP contribution in [0, 0.1) is 0 Å². The fourth-order valence-electron chi connectivity index (χ4n) is 0.308. The molecule has 0 amide bonds. The Kier molecular flexibility index (Phi) is 3.51. The van der Waals surface area contributed by atoms with Gasteiger partial charge in [0.05, 0.1) is 7.11 Å². The lowest BCUT2D eigenvalue weighted by Crippen LogP contribution is -2.05. The summed E-state index contributed by atoms with van der Waals surface area (Å²) in [6.45, 7) is 1.79. The highest BCUT2D eigenvalue weighted by Gasteiger charge is 1.91. The fraction of sp³-hybridized carbons (Fsp3) is 0.500. The van der Waals surface area contributed by atoms with Crippen molar-refractivity contribution in [2.24, 2.45) is 0 Å². The van der Waals surface area contributed by atoms with Crippen molar-refractivity contribution in [3.63, 3.8) is 0 Å². The lowest BCUT2D eigenvalue weighted by atomic mass is 10.4. The minimum absolute atomic E-state index is 0.332. The fourth-order valence-corrected chi connectivity index (χ4v) is 0.308. The molecule has 0 heterocycles. The topological polar surface area (TPSA) is 38.3 Å². The molecular weight excluding hydrogens is 118 g/mol. The summed E-state index contributed by atoms with van der Waals surface area (Å²) in [5, 5.41) is 2.79. The average Bonchev–Trinajstić information content (AvgIpc) is 1.87. The van der Waals surface area contributed by atoms with Crippen molar-refractivity contribution in [3.8, 4) is 0 Å². The monoisotopic (exact) mass is 129 g/mol. The Labute approximate surface area is 54.7 Å². The van der Waals surface area contributed by atoms with Crippen LogP contribution < -0.4 is 5.32 Å². The van der Waals surface area contributed by atoms with Crippen LogP contribution in [0.1, 0.15) is 6.92 Å². The number of carbonyl (C=O) groups is 1. The summed E-state index contributed by atoms with van der Waals surface area (Å²) in [5.74, 6) is -0.332. The van der Waals surface area contributed by atoms with E-state index in [9.17, 15) is 4.79 Å². The van der Waals surface area contributed by atoms with Gasteiger partial charge < -0.3 is 10.1 Å². The Hall–Kier alpha value is -0.990. The minimum Gasteiger partial charge on any atom is -0.466 e. The lowest BCUT2D eigenvalue weighted by molar-refractivity contribution is -0.134. The molecule has 0 rings (SSSR count). The first-order chi connectivity index (χ1) is 4.20. The number of allylic oxidation sites excluding steroid dienone is 1. The molecule has 0 aliphatic rings. The van der Waals surface area contributed by atoms with Crippen LogP contribution in [0.2, 0.25) is 0 Å². The molecule has 0 saturated heterocycles. The Morgan fingerprint density at radius 1 is 1.67 bits per heavy atom. The minimum atomic E-state index is -0.332. The van der Waals surface area contributed by atoms with Gasteiger partial charge in [0.15, 0.2) is 0 Å². The van der Waals surface area contributed by atoms with E-state index in [1.165, 1.54) is 13.2 Å². The Morgan fingerprint density at radius 3 is 2.56 bits per heavy atom. The number of esters is 1. The maximum atomic E-state index is 10.4. The van der Waals surface area contributed by atoms with E-state index in [1.54, 1.807) is 14.0 Å². The molecule has 0 aromatic carbocycles. The quantitative estimate of drug-likeness (QED) is 0.430. The molecule has 0 atom stereocenters. The van der Waals surface area contributed by atoms with Crippen LogP contribution in [0.15, 0.2) is 11.8 Å². The van der Waals surface area contributed by atoms with Crippen molar-refractivity contribution in [1.82, 2.24) is 5.32 Å². The van der Waals surface area contributed by atoms with Crippen LogP contribution >= 0.6 is 0 Å². The maximum absolute atomic E-state index is 10.4. The second-order valence-electron chi connectivity index (χ2n) is 1.60. The zero-order valence-electron chi connectivity index (χ0n) is 5.89. The number of ether oxygens (including phenoxy) is 1. The highest BCUT2D eigenvalue weighted by atomic mass is 16.5. The van der Waals surface area contributed by atoms with Crippen molar-refractivity contribution >= 4 is 5.97 Å². The van der Waals surface area contributed by atoms with E-state index < -0.39 is 0 Å². The number of carbonyl (C=O) groups excluding carboxylic acids is 1. The Bertz CT molecular complexity index is 129. The van der Waals surface area contributed by atoms with E-state index in [0.29, 0.717) is 0 Å². The van der Waals surface area contributed by atoms with Gasteiger partial charge in [-0.1, -0.05) is 0 Å². The SMILES string of the molecule is CN/C(C)=C\C(=O)OC. The summed E-state index contributed by atoms with van der Waals surface area (Å²) in [6, 6.07) is 0. The molecule has 52 valence electrons. The molecule has 0 aromatic rings. The number of methoxy groups -OCH3 is 1. The molecule has 3 heteroatoms. The molecule has 0 aliphatic carbocycles. The van der Waals surface area contributed by atoms with E-state index in [4.69, 9.17) is 0 Å². The summed E-state index contributed by atoms with van der Waals surface area (Å²) in [6.07, 6.45) is 1.39. The first kappa shape index (κ1) is 8.01. The highest BCUT2D eigenvalue weighted by Crippen LogP contribution is 1.84. The zero-order valence-corrected chi connectivity index (χ0v) is 5.89. The van der Waals surface area contributed by atoms with Crippen LogP contribution in [-0.4, -0.2) is 20.1 Å². The summed E-state index contributed by atoms with van der Waals surface area (Å²) in [4.78, 5) is 10.4. The van der Waals surface area contributed by atoms with Gasteiger partial charge in [0, 0.05) is 18.8 Å². The van der Waals surface area contributed by atoms with E-state index in [2.05, 4.69) is 10.1 Å². The molecule has 0 unspecified atom stereocenters. The number of nitrogens with one attached hydrogen (secondary N) is 1. The predicted octanol–water partition coefficient (Wildman–Crippen LogP) is 0.283. The standard InChI is InChI=1S/C6H11NO2/c1-5(7-2)4-6(8)9-3/h4,7H,1-3H3/b5-4-. The smallest absolute Gasteiger partial charge is 0.332 e. The lowest BCUT2D eigenvalue weighted by Gasteiger charge is -1.95. The van der Waals surface area contributed by atoms with Crippen LogP contribution in [0.5, 0.6) is 0 Å². The van der Waals surface area contributed by atoms with E-state index >= 15 is 0 Å². The molecule has 0 aliphatic heterocycles. The summed E-state index contributed by atoms with van der Waals surface area (Å²) in [7, 11) is 3.09. The van der Waals surface area contributed by atoms with E-state index in [-0.39, 0.29) is 5.97 Å². The van der Waals surface area contributed by atoms with Gasteiger partial charge in [-0.15, -0.1) is 0 Å². The highest BCUT2D eigenvalue weighted by molar-refractivity contribution is 5.82. The molecule has 0 bridgehead atoms. The van der Waals surface area contributed by atoms with Gasteiger partial charge in [0.2, 0.25) is 0 Å². The van der Waals surface area contributed by atoms with Gasteiger partial charge in [-0.05, 0) is 6.92 Å². The van der Waals surface area contributed by atoms with Crippen molar-refractivity contribution in [2.45, 2.75) is 6.92 Å². The number of rotatable bonds is 2. The molecule has 3 nitrogen and oxygen atoms in total. The third kappa shape index (κ3) is 3.58. The number of hydrogen-bond donors (Lipinski definition) is 1. The summed E-state index contributed by atoms with van der Waals surface area (Å²) < 4.78 is 4.37. The van der Waals surface area contributed by atoms with Crippen molar-refractivity contribution in [3.05, 3.63) is 11.8 Å². The van der Waals surface area contributed by atoms with Crippen molar-refractivity contribution < 1.29 is 9.53 Å². The van der Waals surface area contributed by atoms with Crippen molar-refractivity contribution in [2.75, 3.05) is 14.2 Å². The van der Waals surface area contributed by atoms with Gasteiger partial charge in [-0.2, -0.15) is 0 Å². The largest absolute Gasteiger partial charge is 0.466 e. The second-order valence-corrected chi connectivity index (χ2v) is 1.60. The van der Waals surface area contributed by atoms with Gasteiger partial charge >= 0.3 is 5.97 Å². The average molecular weight is 129 g/mol.